The van der Waals surface area contributed by atoms with Crippen molar-refractivity contribution in [2.45, 2.75) is 32.9 Å². The van der Waals surface area contributed by atoms with E-state index in [4.69, 9.17) is 9.15 Å². The number of nitrogens with one attached hydrogen (secondary N) is 1. The van der Waals surface area contributed by atoms with E-state index in [1.165, 1.54) is 6.26 Å². The lowest BCUT2D eigenvalue weighted by molar-refractivity contribution is 0.328. The van der Waals surface area contributed by atoms with Crippen molar-refractivity contribution in [1.82, 2.24) is 10.3 Å². The molecule has 0 aliphatic rings. The SMILES string of the molecule is CC(C)(C)NCc1coc(Oc2cc(F)cc(F)c2)n1. The van der Waals surface area contributed by atoms with Crippen LogP contribution >= 0.6 is 0 Å². The van der Waals surface area contributed by atoms with E-state index < -0.39 is 11.6 Å². The number of aromatic nitrogens is 1. The summed E-state index contributed by atoms with van der Waals surface area (Å²) in [6, 6.07) is 2.88. The molecule has 0 radical (unpaired) electrons. The Labute approximate surface area is 115 Å². The van der Waals surface area contributed by atoms with Gasteiger partial charge in [-0.25, -0.2) is 8.78 Å². The number of halogens is 2. The number of ether oxygens (including phenoxy) is 1. The topological polar surface area (TPSA) is 47.3 Å². The normalized spacial score (nSPS) is 11.7. The smallest absolute Gasteiger partial charge is 0.399 e. The quantitative estimate of drug-likeness (QED) is 0.930. The van der Waals surface area contributed by atoms with Crippen molar-refractivity contribution in [2.75, 3.05) is 0 Å². The lowest BCUT2D eigenvalue weighted by atomic mass is 10.1. The van der Waals surface area contributed by atoms with Gasteiger partial charge < -0.3 is 14.5 Å². The third kappa shape index (κ3) is 4.31. The molecule has 1 N–H and O–H groups in total. The molecule has 0 atom stereocenters. The first kappa shape index (κ1) is 14.5. The van der Waals surface area contributed by atoms with Gasteiger partial charge in [0.25, 0.3) is 0 Å². The second-order valence-corrected chi connectivity index (χ2v) is 5.42. The summed E-state index contributed by atoms with van der Waals surface area (Å²) in [4.78, 5) is 4.07. The molecule has 0 fully saturated rings. The Morgan fingerprint density at radius 2 is 1.85 bits per heavy atom. The molecule has 0 bridgehead atoms. The van der Waals surface area contributed by atoms with Crippen molar-refractivity contribution < 1.29 is 17.9 Å². The van der Waals surface area contributed by atoms with Gasteiger partial charge in [0.2, 0.25) is 0 Å². The van der Waals surface area contributed by atoms with Gasteiger partial charge in [-0.1, -0.05) is 0 Å². The maximum absolute atomic E-state index is 13.0. The van der Waals surface area contributed by atoms with Gasteiger partial charge in [0.05, 0.1) is 5.69 Å². The molecule has 1 aromatic carbocycles. The first-order valence-corrected chi connectivity index (χ1v) is 6.15. The van der Waals surface area contributed by atoms with E-state index in [2.05, 4.69) is 10.3 Å². The molecule has 20 heavy (non-hydrogen) atoms. The molecule has 0 spiro atoms. The van der Waals surface area contributed by atoms with Gasteiger partial charge in [0.15, 0.2) is 0 Å². The minimum absolute atomic E-state index is 0.000296. The Bertz CT molecular complexity index is 571. The van der Waals surface area contributed by atoms with Gasteiger partial charge in [-0.3, -0.25) is 0 Å². The Morgan fingerprint density at radius 3 is 2.45 bits per heavy atom. The molecule has 2 rings (SSSR count). The van der Waals surface area contributed by atoms with E-state index in [0.29, 0.717) is 12.2 Å². The van der Waals surface area contributed by atoms with Crippen molar-refractivity contribution in [1.29, 1.82) is 0 Å². The lowest BCUT2D eigenvalue weighted by Crippen LogP contribution is -2.35. The molecule has 0 amide bonds. The molecule has 4 nitrogen and oxygen atoms in total. The average Bonchev–Trinajstić information content (AvgIpc) is 2.72. The van der Waals surface area contributed by atoms with Gasteiger partial charge in [0, 0.05) is 30.3 Å². The van der Waals surface area contributed by atoms with E-state index in [1.807, 2.05) is 20.8 Å². The fourth-order valence-electron chi connectivity index (χ4n) is 1.46. The van der Waals surface area contributed by atoms with Crippen LogP contribution in [0.1, 0.15) is 26.5 Å². The molecule has 0 saturated heterocycles. The second-order valence-electron chi connectivity index (χ2n) is 5.42. The number of hydrogen-bond acceptors (Lipinski definition) is 4. The van der Waals surface area contributed by atoms with Gasteiger partial charge >= 0.3 is 6.08 Å². The first-order valence-electron chi connectivity index (χ1n) is 6.15. The van der Waals surface area contributed by atoms with E-state index in [9.17, 15) is 8.78 Å². The van der Waals surface area contributed by atoms with Gasteiger partial charge in [-0.05, 0) is 20.8 Å². The summed E-state index contributed by atoms with van der Waals surface area (Å²) in [5.41, 5.74) is 0.595. The number of nitrogens with zero attached hydrogens (tertiary/aromatic N) is 1. The van der Waals surface area contributed by atoms with Crippen LogP contribution < -0.4 is 10.1 Å². The predicted octanol–water partition coefficient (Wildman–Crippen LogP) is 3.63. The number of benzene rings is 1. The molecule has 108 valence electrons. The monoisotopic (exact) mass is 282 g/mol. The third-order valence-electron chi connectivity index (χ3n) is 2.37. The molecule has 1 heterocycles. The largest absolute Gasteiger partial charge is 0.417 e. The highest BCUT2D eigenvalue weighted by Crippen LogP contribution is 2.22. The molecule has 1 aromatic heterocycles. The van der Waals surface area contributed by atoms with E-state index in [1.54, 1.807) is 0 Å². The number of rotatable bonds is 4. The molecule has 0 saturated carbocycles. The standard InChI is InChI=1S/C14H16F2N2O2/c1-14(2,3)17-7-11-8-19-13(18-11)20-12-5-9(15)4-10(16)6-12/h4-6,8,17H,7H2,1-3H3. The lowest BCUT2D eigenvalue weighted by Gasteiger charge is -2.19. The summed E-state index contributed by atoms with van der Waals surface area (Å²) >= 11 is 0. The predicted molar refractivity (Wildman–Crippen MR) is 69.5 cm³/mol. The van der Waals surface area contributed by atoms with Crippen LogP contribution in [0.4, 0.5) is 8.78 Å². The van der Waals surface area contributed by atoms with Gasteiger partial charge in [0.1, 0.15) is 23.6 Å². The van der Waals surface area contributed by atoms with Crippen LogP contribution in [0.25, 0.3) is 0 Å². The summed E-state index contributed by atoms with van der Waals surface area (Å²) < 4.78 is 36.3. The average molecular weight is 282 g/mol. The van der Waals surface area contributed by atoms with Crippen LogP contribution in [-0.4, -0.2) is 10.5 Å². The summed E-state index contributed by atoms with van der Waals surface area (Å²) in [6.45, 7) is 6.59. The second kappa shape index (κ2) is 5.58. The highest BCUT2D eigenvalue weighted by atomic mass is 19.1. The number of oxazole rings is 1. The molecule has 2 aromatic rings. The van der Waals surface area contributed by atoms with Gasteiger partial charge in [-0.2, -0.15) is 4.98 Å². The van der Waals surface area contributed by atoms with Crippen molar-refractivity contribution in [3.8, 4) is 11.8 Å². The first-order chi connectivity index (χ1) is 9.32. The van der Waals surface area contributed by atoms with Crippen LogP contribution in [-0.2, 0) is 6.54 Å². The van der Waals surface area contributed by atoms with Crippen LogP contribution in [0.3, 0.4) is 0 Å². The third-order valence-corrected chi connectivity index (χ3v) is 2.37. The summed E-state index contributed by atoms with van der Waals surface area (Å²) in [5.74, 6) is -1.44. The van der Waals surface area contributed by atoms with Crippen molar-refractivity contribution in [3.05, 3.63) is 41.8 Å². The molecule has 0 aliphatic carbocycles. The maximum atomic E-state index is 13.0. The Kier molecular flexibility index (Phi) is 4.04. The summed E-state index contributed by atoms with van der Waals surface area (Å²) in [7, 11) is 0. The van der Waals surface area contributed by atoms with Gasteiger partial charge in [-0.15, -0.1) is 0 Å². The zero-order valence-corrected chi connectivity index (χ0v) is 11.5. The number of hydrogen-bond donors (Lipinski definition) is 1. The molecule has 6 heteroatoms. The fourth-order valence-corrected chi connectivity index (χ4v) is 1.46. The maximum Gasteiger partial charge on any atom is 0.399 e. The zero-order chi connectivity index (χ0) is 14.8. The highest BCUT2D eigenvalue weighted by Gasteiger charge is 2.12. The fraction of sp³-hybridized carbons (Fsp3) is 0.357. The highest BCUT2D eigenvalue weighted by molar-refractivity contribution is 5.26. The summed E-state index contributed by atoms with van der Waals surface area (Å²) in [5, 5.41) is 3.24. The van der Waals surface area contributed by atoms with E-state index >= 15 is 0 Å². The minimum Gasteiger partial charge on any atom is -0.417 e. The van der Waals surface area contributed by atoms with Crippen LogP contribution in [0, 0.1) is 11.6 Å². The molecular formula is C14H16F2N2O2. The minimum atomic E-state index is -0.721. The van der Waals surface area contributed by atoms with Crippen LogP contribution in [0.5, 0.6) is 11.8 Å². The van der Waals surface area contributed by atoms with Crippen molar-refractivity contribution in [2.24, 2.45) is 0 Å². The Morgan fingerprint density at radius 1 is 1.20 bits per heavy atom. The Balaban J connectivity index is 2.02. The summed E-state index contributed by atoms with van der Waals surface area (Å²) in [6.07, 6.45) is 1.38. The molecule has 0 aliphatic heterocycles. The Hall–Kier alpha value is -1.95. The van der Waals surface area contributed by atoms with E-state index in [0.717, 1.165) is 18.2 Å². The molecular weight excluding hydrogens is 266 g/mol. The zero-order valence-electron chi connectivity index (χ0n) is 11.5. The van der Waals surface area contributed by atoms with Crippen molar-refractivity contribution in [3.63, 3.8) is 0 Å². The van der Waals surface area contributed by atoms with Crippen LogP contribution in [0.2, 0.25) is 0 Å². The van der Waals surface area contributed by atoms with Crippen molar-refractivity contribution >= 4 is 0 Å². The van der Waals surface area contributed by atoms with E-state index in [-0.39, 0.29) is 17.4 Å². The van der Waals surface area contributed by atoms with Crippen LogP contribution in [0.15, 0.2) is 28.9 Å². The molecule has 0 unspecified atom stereocenters.